The van der Waals surface area contributed by atoms with Crippen LogP contribution in [0, 0.1) is 0 Å². The third-order valence-electron chi connectivity index (χ3n) is 5.50. The lowest BCUT2D eigenvalue weighted by Crippen LogP contribution is -2.46. The topological polar surface area (TPSA) is 76.2 Å². The molecule has 156 valence electrons. The molecule has 28 heavy (non-hydrogen) atoms. The largest absolute Gasteiger partial charge is 0.490 e. The Bertz CT molecular complexity index is 773. The molecule has 0 saturated carbocycles. The average Bonchev–Trinajstić information content (AvgIpc) is 2.68. The Hall–Kier alpha value is -1.64. The third kappa shape index (κ3) is 5.24. The zero-order valence-electron chi connectivity index (χ0n) is 16.7. The van der Waals surface area contributed by atoms with E-state index in [-0.39, 0.29) is 18.1 Å². The monoisotopic (exact) mass is 410 g/mol. The van der Waals surface area contributed by atoms with Gasteiger partial charge in [0.05, 0.1) is 18.9 Å². The number of rotatable bonds is 6. The standard InChI is InChI=1S/C20H30N2O5S/c1-26-15-17-7-3-4-11-22(17)20(23)16-6-5-8-19(14-16)27-18-9-12-21(13-10-18)28(2,24)25/h5-6,8,14,17-18H,3-4,7,9-13,15H2,1-2H3. The van der Waals surface area contributed by atoms with Crippen LogP contribution >= 0.6 is 0 Å². The minimum atomic E-state index is -3.15. The summed E-state index contributed by atoms with van der Waals surface area (Å²) in [5.74, 6) is 0.669. The Morgan fingerprint density at radius 2 is 1.89 bits per heavy atom. The molecule has 0 bridgehead atoms. The number of carbonyl (C=O) groups is 1. The van der Waals surface area contributed by atoms with Gasteiger partial charge in [-0.1, -0.05) is 6.07 Å². The highest BCUT2D eigenvalue weighted by molar-refractivity contribution is 7.88. The minimum Gasteiger partial charge on any atom is -0.490 e. The second-order valence-electron chi connectivity index (χ2n) is 7.61. The molecule has 7 nitrogen and oxygen atoms in total. The molecule has 0 radical (unpaired) electrons. The molecule has 1 unspecified atom stereocenters. The van der Waals surface area contributed by atoms with Crippen molar-refractivity contribution in [3.8, 4) is 5.75 Å². The van der Waals surface area contributed by atoms with Crippen molar-refractivity contribution in [2.75, 3.05) is 39.6 Å². The van der Waals surface area contributed by atoms with Gasteiger partial charge in [-0.05, 0) is 50.3 Å². The molecule has 0 aliphatic carbocycles. The van der Waals surface area contributed by atoms with Crippen molar-refractivity contribution in [3.05, 3.63) is 29.8 Å². The van der Waals surface area contributed by atoms with Crippen molar-refractivity contribution in [2.24, 2.45) is 0 Å². The number of amides is 1. The van der Waals surface area contributed by atoms with Gasteiger partial charge in [0.2, 0.25) is 10.0 Å². The first kappa shape index (κ1) is 21.1. The maximum absolute atomic E-state index is 13.0. The van der Waals surface area contributed by atoms with E-state index in [1.165, 1.54) is 10.6 Å². The molecule has 1 amide bonds. The van der Waals surface area contributed by atoms with Crippen molar-refractivity contribution < 1.29 is 22.7 Å². The molecule has 2 aliphatic heterocycles. The lowest BCUT2D eigenvalue weighted by Gasteiger charge is -2.35. The number of sulfonamides is 1. The molecule has 1 atom stereocenters. The van der Waals surface area contributed by atoms with Crippen LogP contribution in [0.15, 0.2) is 24.3 Å². The first-order chi connectivity index (χ1) is 13.4. The molecule has 8 heteroatoms. The van der Waals surface area contributed by atoms with Crippen LogP contribution in [0.25, 0.3) is 0 Å². The van der Waals surface area contributed by atoms with Gasteiger partial charge in [-0.15, -0.1) is 0 Å². The number of benzene rings is 1. The van der Waals surface area contributed by atoms with E-state index in [9.17, 15) is 13.2 Å². The smallest absolute Gasteiger partial charge is 0.254 e. The summed E-state index contributed by atoms with van der Waals surface area (Å²) in [4.78, 5) is 14.9. The van der Waals surface area contributed by atoms with Gasteiger partial charge < -0.3 is 14.4 Å². The van der Waals surface area contributed by atoms with E-state index in [4.69, 9.17) is 9.47 Å². The van der Waals surface area contributed by atoms with Crippen molar-refractivity contribution in [3.63, 3.8) is 0 Å². The highest BCUT2D eigenvalue weighted by Gasteiger charge is 2.28. The second-order valence-corrected chi connectivity index (χ2v) is 9.59. The Morgan fingerprint density at radius 3 is 2.57 bits per heavy atom. The van der Waals surface area contributed by atoms with Gasteiger partial charge in [0, 0.05) is 32.3 Å². The van der Waals surface area contributed by atoms with Gasteiger partial charge in [-0.2, -0.15) is 0 Å². The molecule has 2 aliphatic rings. The Labute approximate surface area is 167 Å². The fourth-order valence-corrected chi connectivity index (χ4v) is 4.85. The molecule has 2 fully saturated rings. The molecule has 0 aromatic heterocycles. The van der Waals surface area contributed by atoms with Crippen molar-refractivity contribution >= 4 is 15.9 Å². The van der Waals surface area contributed by atoms with Crippen LogP contribution in [0.4, 0.5) is 0 Å². The molecule has 2 saturated heterocycles. The van der Waals surface area contributed by atoms with Crippen molar-refractivity contribution in [1.29, 1.82) is 0 Å². The van der Waals surface area contributed by atoms with Crippen molar-refractivity contribution in [2.45, 2.75) is 44.2 Å². The van der Waals surface area contributed by atoms with E-state index in [0.717, 1.165) is 25.8 Å². The molecule has 2 heterocycles. The Balaban J connectivity index is 1.63. The van der Waals surface area contributed by atoms with Crippen LogP contribution in [-0.4, -0.2) is 75.3 Å². The van der Waals surface area contributed by atoms with E-state index in [1.54, 1.807) is 13.2 Å². The quantitative estimate of drug-likeness (QED) is 0.718. The number of hydrogen-bond acceptors (Lipinski definition) is 5. The van der Waals surface area contributed by atoms with E-state index < -0.39 is 10.0 Å². The number of nitrogens with zero attached hydrogens (tertiary/aromatic N) is 2. The lowest BCUT2D eigenvalue weighted by atomic mass is 10.0. The average molecular weight is 411 g/mol. The third-order valence-corrected chi connectivity index (χ3v) is 6.80. The number of likely N-dealkylation sites (tertiary alicyclic amines) is 1. The first-order valence-corrected chi connectivity index (χ1v) is 11.7. The maximum atomic E-state index is 13.0. The van der Waals surface area contributed by atoms with Crippen LogP contribution < -0.4 is 4.74 Å². The van der Waals surface area contributed by atoms with Crippen LogP contribution in [-0.2, 0) is 14.8 Å². The van der Waals surface area contributed by atoms with Gasteiger partial charge in [0.25, 0.3) is 5.91 Å². The second kappa shape index (κ2) is 9.24. The van der Waals surface area contributed by atoms with Gasteiger partial charge in [-0.3, -0.25) is 4.79 Å². The molecule has 0 N–H and O–H groups in total. The van der Waals surface area contributed by atoms with Crippen molar-refractivity contribution in [1.82, 2.24) is 9.21 Å². The lowest BCUT2D eigenvalue weighted by molar-refractivity contribution is 0.0427. The highest BCUT2D eigenvalue weighted by Crippen LogP contribution is 2.24. The first-order valence-electron chi connectivity index (χ1n) is 9.90. The van der Waals surface area contributed by atoms with Gasteiger partial charge in [0.1, 0.15) is 11.9 Å². The predicted octanol–water partition coefficient (Wildman–Crippen LogP) is 2.13. The number of hydrogen-bond donors (Lipinski definition) is 0. The number of carbonyl (C=O) groups excluding carboxylic acids is 1. The molecule has 3 rings (SSSR count). The fourth-order valence-electron chi connectivity index (χ4n) is 3.98. The van der Waals surface area contributed by atoms with E-state index >= 15 is 0 Å². The summed E-state index contributed by atoms with van der Waals surface area (Å²) >= 11 is 0. The summed E-state index contributed by atoms with van der Waals surface area (Å²) in [6.45, 7) is 2.24. The van der Waals surface area contributed by atoms with E-state index in [2.05, 4.69) is 0 Å². The zero-order valence-corrected chi connectivity index (χ0v) is 17.5. The summed E-state index contributed by atoms with van der Waals surface area (Å²) < 4.78 is 36.1. The maximum Gasteiger partial charge on any atom is 0.254 e. The van der Waals surface area contributed by atoms with Crippen LogP contribution in [0.2, 0.25) is 0 Å². The summed E-state index contributed by atoms with van der Waals surface area (Å²) in [5.41, 5.74) is 0.620. The summed E-state index contributed by atoms with van der Waals surface area (Å²) in [6, 6.07) is 7.42. The summed E-state index contributed by atoms with van der Waals surface area (Å²) in [6.07, 6.45) is 5.59. The summed E-state index contributed by atoms with van der Waals surface area (Å²) in [5, 5.41) is 0. The van der Waals surface area contributed by atoms with Gasteiger partial charge in [-0.25, -0.2) is 12.7 Å². The highest BCUT2D eigenvalue weighted by atomic mass is 32.2. The van der Waals surface area contributed by atoms with Gasteiger partial charge >= 0.3 is 0 Å². The Kier molecular flexibility index (Phi) is 6.95. The number of ether oxygens (including phenoxy) is 2. The van der Waals surface area contributed by atoms with Gasteiger partial charge in [0.15, 0.2) is 0 Å². The van der Waals surface area contributed by atoms with E-state index in [0.29, 0.717) is 43.9 Å². The molecule has 0 spiro atoms. The SMILES string of the molecule is COCC1CCCCN1C(=O)c1cccc(OC2CCN(S(C)(=O)=O)CC2)c1. The zero-order chi connectivity index (χ0) is 20.1. The molecular weight excluding hydrogens is 380 g/mol. The minimum absolute atomic E-state index is 0.0131. The van der Waals surface area contributed by atoms with Crippen LogP contribution in [0.5, 0.6) is 5.75 Å². The normalized spacial score (nSPS) is 22.2. The fraction of sp³-hybridized carbons (Fsp3) is 0.650. The Morgan fingerprint density at radius 1 is 1.14 bits per heavy atom. The molecule has 1 aromatic rings. The van der Waals surface area contributed by atoms with Crippen LogP contribution in [0.3, 0.4) is 0 Å². The summed E-state index contributed by atoms with van der Waals surface area (Å²) in [7, 11) is -1.48. The predicted molar refractivity (Wildman–Crippen MR) is 107 cm³/mol. The number of piperidine rings is 2. The molecule has 1 aromatic carbocycles. The van der Waals surface area contributed by atoms with E-state index in [1.807, 2.05) is 23.1 Å². The molecular formula is C20H30N2O5S. The van der Waals surface area contributed by atoms with Crippen LogP contribution in [0.1, 0.15) is 42.5 Å². The number of methoxy groups -OCH3 is 1.